The van der Waals surface area contributed by atoms with Gasteiger partial charge in [-0.1, -0.05) is 31.5 Å². The van der Waals surface area contributed by atoms with Gasteiger partial charge in [-0.25, -0.2) is 13.8 Å². The first-order chi connectivity index (χ1) is 19.1. The lowest BCUT2D eigenvalue weighted by molar-refractivity contribution is -0.119. The molecular formula is C28H24ClF2N5O4. The molecular weight excluding hydrogens is 544 g/mol. The number of anilines is 2. The third kappa shape index (κ3) is 3.47. The van der Waals surface area contributed by atoms with Crippen LogP contribution >= 0.6 is 11.6 Å². The zero-order chi connectivity index (χ0) is 28.5. The van der Waals surface area contributed by atoms with Crippen molar-refractivity contribution in [3.05, 3.63) is 81.6 Å². The number of carbonyl (C=O) groups excluding carboxylic acids is 2. The van der Waals surface area contributed by atoms with Crippen LogP contribution in [0, 0.1) is 11.6 Å². The molecule has 40 heavy (non-hydrogen) atoms. The van der Waals surface area contributed by atoms with Crippen molar-refractivity contribution in [2.45, 2.75) is 37.6 Å². The maximum absolute atomic E-state index is 14.5. The van der Waals surface area contributed by atoms with Gasteiger partial charge in [-0.3, -0.25) is 14.5 Å². The van der Waals surface area contributed by atoms with Crippen molar-refractivity contribution in [3.8, 4) is 0 Å². The number of aliphatic imine (C=N–C) groups is 2. The molecule has 6 rings (SSSR count). The number of methoxy groups -OCH3 is 2. The summed E-state index contributed by atoms with van der Waals surface area (Å²) in [6.45, 7) is 3.87. The number of aromatic nitrogens is 1. The van der Waals surface area contributed by atoms with Gasteiger partial charge in [0.1, 0.15) is 6.04 Å². The van der Waals surface area contributed by atoms with Crippen molar-refractivity contribution in [1.82, 2.24) is 4.57 Å². The van der Waals surface area contributed by atoms with E-state index in [1.54, 1.807) is 30.6 Å². The van der Waals surface area contributed by atoms with Crippen molar-refractivity contribution < 1.29 is 27.8 Å². The molecule has 3 unspecified atom stereocenters. The van der Waals surface area contributed by atoms with Crippen LogP contribution in [0.25, 0.3) is 0 Å². The summed E-state index contributed by atoms with van der Waals surface area (Å²) in [5.74, 6) is -3.50. The zero-order valence-corrected chi connectivity index (χ0v) is 22.7. The molecule has 2 aromatic carbocycles. The maximum atomic E-state index is 14.5. The van der Waals surface area contributed by atoms with Crippen molar-refractivity contribution in [3.63, 3.8) is 0 Å². The molecule has 0 fully saturated rings. The van der Waals surface area contributed by atoms with Gasteiger partial charge in [0.05, 0.1) is 12.7 Å². The molecule has 12 heteroatoms. The number of benzene rings is 2. The van der Waals surface area contributed by atoms with Crippen LogP contribution in [0.2, 0.25) is 5.02 Å². The number of amidine groups is 1. The Hall–Kier alpha value is -4.09. The van der Waals surface area contributed by atoms with Crippen LogP contribution in [0.5, 0.6) is 0 Å². The average molecular weight is 568 g/mol. The Morgan fingerprint density at radius 2 is 1.88 bits per heavy atom. The molecule has 2 amide bonds. The molecule has 9 nitrogen and oxygen atoms in total. The molecule has 1 aromatic heterocycles. The van der Waals surface area contributed by atoms with Crippen molar-refractivity contribution in [2.24, 2.45) is 9.98 Å². The number of ether oxygens (including phenoxy) is 2. The van der Waals surface area contributed by atoms with E-state index < -0.39 is 41.3 Å². The van der Waals surface area contributed by atoms with E-state index in [9.17, 15) is 18.4 Å². The topological polar surface area (TPSA) is 97.5 Å². The van der Waals surface area contributed by atoms with Gasteiger partial charge in [0.15, 0.2) is 23.4 Å². The largest absolute Gasteiger partial charge is 0.467 e. The normalized spacial score (nSPS) is 23.1. The number of hydrogen-bond acceptors (Lipinski definition) is 6. The van der Waals surface area contributed by atoms with Gasteiger partial charge in [-0.2, -0.15) is 4.99 Å². The summed E-state index contributed by atoms with van der Waals surface area (Å²) < 4.78 is 41.1. The van der Waals surface area contributed by atoms with E-state index in [0.717, 1.165) is 12.1 Å². The second kappa shape index (κ2) is 9.24. The predicted octanol–water partition coefficient (Wildman–Crippen LogP) is 5.00. The highest BCUT2D eigenvalue weighted by Gasteiger charge is 2.63. The second-order valence-corrected chi connectivity index (χ2v) is 10.4. The molecule has 0 aliphatic carbocycles. The fourth-order valence-electron chi connectivity index (χ4n) is 5.92. The number of nitrogens with one attached hydrogen (secondary N) is 1. The highest BCUT2D eigenvalue weighted by Crippen LogP contribution is 2.55. The molecule has 4 heterocycles. The Morgan fingerprint density at radius 3 is 2.55 bits per heavy atom. The van der Waals surface area contributed by atoms with E-state index in [-0.39, 0.29) is 23.2 Å². The van der Waals surface area contributed by atoms with E-state index in [2.05, 4.69) is 15.3 Å². The lowest BCUT2D eigenvalue weighted by atomic mass is 9.81. The molecule has 3 aromatic rings. The lowest BCUT2D eigenvalue weighted by Crippen LogP contribution is -2.51. The minimum atomic E-state index is -1.73. The summed E-state index contributed by atoms with van der Waals surface area (Å²) in [5.41, 5.74) is 0.493. The Morgan fingerprint density at radius 1 is 1.10 bits per heavy atom. The smallest absolute Gasteiger partial charge is 0.313 e. The quantitative estimate of drug-likeness (QED) is 0.480. The average Bonchev–Trinajstić information content (AvgIpc) is 3.53. The summed E-state index contributed by atoms with van der Waals surface area (Å²) in [6, 6.07) is 7.59. The van der Waals surface area contributed by atoms with Crippen LogP contribution in [0.4, 0.5) is 20.2 Å². The van der Waals surface area contributed by atoms with E-state index in [0.29, 0.717) is 27.5 Å². The molecule has 1 N–H and O–H groups in total. The van der Waals surface area contributed by atoms with Gasteiger partial charge in [0.2, 0.25) is 0 Å². The van der Waals surface area contributed by atoms with Crippen molar-refractivity contribution >= 4 is 47.0 Å². The highest BCUT2D eigenvalue weighted by atomic mass is 35.5. The predicted molar refractivity (Wildman–Crippen MR) is 145 cm³/mol. The van der Waals surface area contributed by atoms with Crippen molar-refractivity contribution in [1.29, 1.82) is 0 Å². The summed E-state index contributed by atoms with van der Waals surface area (Å²) in [6.07, 6.45) is 2.54. The minimum absolute atomic E-state index is 0.0302. The Balaban J connectivity index is 1.66. The van der Waals surface area contributed by atoms with E-state index >= 15 is 0 Å². The van der Waals surface area contributed by atoms with Gasteiger partial charge in [0, 0.05) is 58.8 Å². The SMILES string of the molecule is COC1=NC(OC)C(n2cc3c(c2C(C)C)C2(C(=O)Nc4cc(Cl)ccc42)N(c2ccc(F)c(F)c2)C3=O)C=N1. The van der Waals surface area contributed by atoms with Crippen LogP contribution in [-0.2, 0) is 19.8 Å². The van der Waals surface area contributed by atoms with Crippen LogP contribution in [0.15, 0.2) is 52.6 Å². The van der Waals surface area contributed by atoms with Crippen LogP contribution in [-0.4, -0.2) is 49.1 Å². The summed E-state index contributed by atoms with van der Waals surface area (Å²) in [7, 11) is 2.95. The second-order valence-electron chi connectivity index (χ2n) is 9.97. The van der Waals surface area contributed by atoms with Gasteiger partial charge < -0.3 is 19.4 Å². The molecule has 3 aliphatic heterocycles. The van der Waals surface area contributed by atoms with E-state index in [1.807, 2.05) is 18.4 Å². The monoisotopic (exact) mass is 567 g/mol. The van der Waals surface area contributed by atoms with E-state index in [1.165, 1.54) is 25.2 Å². The molecule has 1 spiro atoms. The third-order valence-corrected chi connectivity index (χ3v) is 7.71. The fourth-order valence-corrected chi connectivity index (χ4v) is 6.09. The molecule has 3 atom stereocenters. The Kier molecular flexibility index (Phi) is 6.04. The third-order valence-electron chi connectivity index (χ3n) is 7.47. The first-order valence-electron chi connectivity index (χ1n) is 12.5. The molecule has 3 aliphatic rings. The van der Waals surface area contributed by atoms with Gasteiger partial charge in [-0.05, 0) is 30.2 Å². The minimum Gasteiger partial charge on any atom is -0.467 e. The Bertz CT molecular complexity index is 1650. The lowest BCUT2D eigenvalue weighted by Gasteiger charge is -2.36. The summed E-state index contributed by atoms with van der Waals surface area (Å²) >= 11 is 6.25. The number of carbonyl (C=O) groups is 2. The van der Waals surface area contributed by atoms with E-state index in [4.69, 9.17) is 21.1 Å². The molecule has 0 saturated heterocycles. The number of rotatable bonds is 4. The van der Waals surface area contributed by atoms with Crippen LogP contribution in [0.1, 0.15) is 53.0 Å². The first-order valence-corrected chi connectivity index (χ1v) is 12.9. The Labute approximate surface area is 233 Å². The molecule has 0 saturated carbocycles. The number of amides is 2. The molecule has 206 valence electrons. The number of halogens is 3. The number of fused-ring (bicyclic) bond motifs is 4. The maximum Gasteiger partial charge on any atom is 0.313 e. The van der Waals surface area contributed by atoms with Gasteiger partial charge in [0.25, 0.3) is 11.8 Å². The van der Waals surface area contributed by atoms with Crippen molar-refractivity contribution in [2.75, 3.05) is 24.4 Å². The molecule has 0 bridgehead atoms. The fraction of sp³-hybridized carbons (Fsp3) is 0.286. The summed E-state index contributed by atoms with van der Waals surface area (Å²) in [4.78, 5) is 38.3. The zero-order valence-electron chi connectivity index (χ0n) is 21.9. The van der Waals surface area contributed by atoms with Crippen LogP contribution < -0.4 is 10.2 Å². The van der Waals surface area contributed by atoms with Gasteiger partial charge in [-0.15, -0.1) is 0 Å². The highest BCUT2D eigenvalue weighted by molar-refractivity contribution is 6.31. The van der Waals surface area contributed by atoms with Gasteiger partial charge >= 0.3 is 6.02 Å². The standard InChI is InChI=1S/C28H24ClF2N5O4/c1-13(2)23-22-16(12-35(23)21-11-32-27(40-4)34-24(21)39-3)25(37)36(15-6-8-18(30)19(31)10-15)28(22)17-7-5-14(29)9-20(17)33-26(28)38/h5-13,21,24H,1-4H3,(H,33,38). The summed E-state index contributed by atoms with van der Waals surface area (Å²) in [5, 5.41) is 3.25. The number of nitrogens with zero attached hydrogens (tertiary/aromatic N) is 4. The molecule has 0 radical (unpaired) electrons. The van der Waals surface area contributed by atoms with Crippen LogP contribution in [0.3, 0.4) is 0 Å². The number of hydrogen-bond donors (Lipinski definition) is 1. The first kappa shape index (κ1) is 26.1.